The number of nitrogens with zero attached hydrogens (tertiary/aromatic N) is 4. The highest BCUT2D eigenvalue weighted by molar-refractivity contribution is 8.43. The number of halogens is 1. The average Bonchev–Trinajstić information content (AvgIpc) is 3.34. The van der Waals surface area contributed by atoms with E-state index in [1.807, 2.05) is 17.2 Å². The van der Waals surface area contributed by atoms with Crippen LogP contribution in [0.2, 0.25) is 0 Å². The Kier molecular flexibility index (Phi) is 5.03. The molecule has 156 valence electrons. The maximum atomic E-state index is 14.1. The third-order valence-corrected chi connectivity index (χ3v) is 7.15. The van der Waals surface area contributed by atoms with Crippen LogP contribution in [0.4, 0.5) is 10.2 Å². The molecule has 1 N–H and O–H groups in total. The van der Waals surface area contributed by atoms with E-state index in [9.17, 15) is 9.18 Å². The monoisotopic (exact) mass is 445 g/mol. The fourth-order valence-corrected chi connectivity index (χ4v) is 4.88. The van der Waals surface area contributed by atoms with Crippen LogP contribution >= 0.6 is 19.8 Å². The summed E-state index contributed by atoms with van der Waals surface area (Å²) in [6.45, 7) is 1.83. The smallest absolute Gasteiger partial charge is 0.261 e. The van der Waals surface area contributed by atoms with Crippen molar-refractivity contribution in [3.05, 3.63) is 42.6 Å². The third-order valence-electron chi connectivity index (χ3n) is 5.80. The molecule has 1 spiro atoms. The van der Waals surface area contributed by atoms with Crippen LogP contribution in [0.15, 0.2) is 41.7 Å². The molecule has 1 saturated heterocycles. The lowest BCUT2D eigenvalue weighted by atomic mass is 10.1. The van der Waals surface area contributed by atoms with Crippen LogP contribution in [0.25, 0.3) is 11.0 Å². The minimum absolute atomic E-state index is 0.102. The predicted molar refractivity (Wildman–Crippen MR) is 117 cm³/mol. The number of anilines is 1. The van der Waals surface area contributed by atoms with E-state index in [1.54, 1.807) is 18.5 Å². The van der Waals surface area contributed by atoms with Gasteiger partial charge < -0.3 is 19.5 Å². The summed E-state index contributed by atoms with van der Waals surface area (Å²) >= 11 is 1.38. The van der Waals surface area contributed by atoms with Crippen LogP contribution in [0.3, 0.4) is 0 Å². The van der Waals surface area contributed by atoms with E-state index in [1.165, 1.54) is 17.4 Å². The molecule has 30 heavy (non-hydrogen) atoms. The van der Waals surface area contributed by atoms with Gasteiger partial charge in [0.15, 0.2) is 18.2 Å². The van der Waals surface area contributed by atoms with Gasteiger partial charge in [0.25, 0.3) is 5.91 Å². The van der Waals surface area contributed by atoms with Crippen molar-refractivity contribution in [2.24, 2.45) is 0 Å². The summed E-state index contributed by atoms with van der Waals surface area (Å²) in [5.41, 5.74) is 0.620. The Morgan fingerprint density at radius 1 is 1.30 bits per heavy atom. The molecular formula is C20H21FN5O2PS. The lowest BCUT2D eigenvalue weighted by Gasteiger charge is -2.42. The van der Waals surface area contributed by atoms with E-state index in [0.29, 0.717) is 13.1 Å². The zero-order valence-electron chi connectivity index (χ0n) is 16.2. The first-order valence-corrected chi connectivity index (χ1v) is 12.0. The largest absolute Gasteiger partial charge is 0.481 e. The Bertz CT molecular complexity index is 1110. The van der Waals surface area contributed by atoms with Gasteiger partial charge in [-0.2, -0.15) is 0 Å². The fraction of sp³-hybridized carbons (Fsp3) is 0.350. The first-order valence-electron chi connectivity index (χ1n) is 9.72. The van der Waals surface area contributed by atoms with E-state index in [0.717, 1.165) is 41.1 Å². The molecule has 10 heteroatoms. The molecule has 1 aliphatic heterocycles. The van der Waals surface area contributed by atoms with E-state index in [-0.39, 0.29) is 23.8 Å². The number of carbonyl (C=O) groups is 1. The number of amides is 1. The maximum Gasteiger partial charge on any atom is 0.261 e. The minimum atomic E-state index is -0.458. The molecule has 0 bridgehead atoms. The number of rotatable bonds is 5. The molecule has 1 unspecified atom stereocenters. The first kappa shape index (κ1) is 19.6. The van der Waals surface area contributed by atoms with Gasteiger partial charge in [-0.15, -0.1) is 11.4 Å². The lowest BCUT2D eigenvalue weighted by Crippen LogP contribution is -2.58. The molecule has 0 radical (unpaired) electrons. The van der Waals surface area contributed by atoms with Crippen LogP contribution in [0, 0.1) is 5.82 Å². The van der Waals surface area contributed by atoms with Gasteiger partial charge in [0.05, 0.1) is 10.9 Å². The zero-order chi connectivity index (χ0) is 20.7. The minimum Gasteiger partial charge on any atom is -0.481 e. The standard InChI is InChI=1S/C20H21FN5O2PS/c21-15-9-13(30-29)1-2-16(15)28-10-17(27)26-8-7-25(11-20(26)4-5-20)19-14-3-6-22-18(14)23-12-24-19/h1-3,6,9,12H,4-5,7-8,10-11,29H2,(H,22,23,24). The molecule has 1 aliphatic carbocycles. The molecule has 2 aromatic heterocycles. The van der Waals surface area contributed by atoms with Crippen molar-refractivity contribution in [1.29, 1.82) is 0 Å². The number of H-pyrrole nitrogens is 1. The van der Waals surface area contributed by atoms with Gasteiger partial charge in [-0.05, 0) is 37.1 Å². The highest BCUT2D eigenvalue weighted by Gasteiger charge is 2.53. The van der Waals surface area contributed by atoms with Gasteiger partial charge >= 0.3 is 0 Å². The molecular weight excluding hydrogens is 424 g/mol. The van der Waals surface area contributed by atoms with Gasteiger partial charge in [-0.1, -0.05) is 8.44 Å². The van der Waals surface area contributed by atoms with Crippen LogP contribution in [-0.4, -0.2) is 57.5 Å². The van der Waals surface area contributed by atoms with Crippen molar-refractivity contribution in [2.75, 3.05) is 31.1 Å². The normalized spacial score (nSPS) is 17.5. The van der Waals surface area contributed by atoms with Crippen molar-refractivity contribution in [2.45, 2.75) is 23.3 Å². The Balaban J connectivity index is 1.27. The SMILES string of the molecule is O=C(COc1ccc(SP)cc1F)N1CCN(c2ncnc3[nH]ccc23)CC12CC2. The van der Waals surface area contributed by atoms with Crippen LogP contribution in [-0.2, 0) is 4.79 Å². The van der Waals surface area contributed by atoms with E-state index >= 15 is 0 Å². The second-order valence-electron chi connectivity index (χ2n) is 7.63. The summed E-state index contributed by atoms with van der Waals surface area (Å²) in [7, 11) is 2.48. The molecule has 1 atom stereocenters. The number of nitrogens with one attached hydrogen (secondary N) is 1. The van der Waals surface area contributed by atoms with Gasteiger partial charge in [-0.3, -0.25) is 4.79 Å². The number of piperazine rings is 1. The number of carbonyl (C=O) groups excluding carboxylic acids is 1. The number of aromatic amines is 1. The Morgan fingerprint density at radius 2 is 2.17 bits per heavy atom. The molecule has 5 rings (SSSR count). The van der Waals surface area contributed by atoms with E-state index < -0.39 is 5.82 Å². The Hall–Kier alpha value is -2.38. The molecule has 3 aromatic rings. The Labute approximate surface area is 179 Å². The molecule has 7 nitrogen and oxygen atoms in total. The molecule has 2 aliphatic rings. The number of ether oxygens (including phenoxy) is 1. The van der Waals surface area contributed by atoms with E-state index in [4.69, 9.17) is 4.74 Å². The van der Waals surface area contributed by atoms with E-state index in [2.05, 4.69) is 28.3 Å². The lowest BCUT2D eigenvalue weighted by molar-refractivity contribution is -0.137. The van der Waals surface area contributed by atoms with Gasteiger partial charge in [-0.25, -0.2) is 14.4 Å². The quantitative estimate of drug-likeness (QED) is 0.608. The topological polar surface area (TPSA) is 74.3 Å². The highest BCUT2D eigenvalue weighted by Crippen LogP contribution is 2.45. The van der Waals surface area contributed by atoms with Gasteiger partial charge in [0.2, 0.25) is 0 Å². The van der Waals surface area contributed by atoms with Crippen LogP contribution < -0.4 is 9.64 Å². The second kappa shape index (κ2) is 7.71. The second-order valence-corrected chi connectivity index (χ2v) is 9.04. The maximum absolute atomic E-state index is 14.1. The number of aromatic nitrogens is 3. The van der Waals surface area contributed by atoms with Gasteiger partial charge in [0.1, 0.15) is 17.8 Å². The first-order chi connectivity index (χ1) is 14.6. The van der Waals surface area contributed by atoms with Crippen molar-refractivity contribution in [3.8, 4) is 5.75 Å². The summed E-state index contributed by atoms with van der Waals surface area (Å²) in [5.74, 6) is 0.432. The molecule has 3 heterocycles. The highest BCUT2D eigenvalue weighted by atomic mass is 32.7. The predicted octanol–water partition coefficient (Wildman–Crippen LogP) is 3.24. The summed E-state index contributed by atoms with van der Waals surface area (Å²) in [5, 5.41) is 0.985. The molecule has 1 aromatic carbocycles. The number of hydrogen-bond donors (Lipinski definition) is 1. The number of benzene rings is 1. The van der Waals surface area contributed by atoms with Crippen molar-refractivity contribution in [3.63, 3.8) is 0 Å². The summed E-state index contributed by atoms with van der Waals surface area (Å²) in [6.07, 6.45) is 5.32. The molecule has 2 fully saturated rings. The van der Waals surface area contributed by atoms with Crippen molar-refractivity contribution >= 4 is 42.6 Å². The summed E-state index contributed by atoms with van der Waals surface area (Å²) < 4.78 is 19.7. The zero-order valence-corrected chi connectivity index (χ0v) is 18.1. The van der Waals surface area contributed by atoms with Crippen LogP contribution in [0.5, 0.6) is 5.75 Å². The number of fused-ring (bicyclic) bond motifs is 1. The molecule has 1 amide bonds. The van der Waals surface area contributed by atoms with Crippen molar-refractivity contribution < 1.29 is 13.9 Å². The summed E-state index contributed by atoms with van der Waals surface area (Å²) in [6, 6.07) is 6.72. The average molecular weight is 445 g/mol. The third kappa shape index (κ3) is 3.50. The summed E-state index contributed by atoms with van der Waals surface area (Å²) in [4.78, 5) is 29.7. The van der Waals surface area contributed by atoms with Gasteiger partial charge in [0, 0.05) is 30.7 Å². The Morgan fingerprint density at radius 3 is 2.93 bits per heavy atom. The van der Waals surface area contributed by atoms with Crippen LogP contribution in [0.1, 0.15) is 12.8 Å². The van der Waals surface area contributed by atoms with Crippen molar-refractivity contribution in [1.82, 2.24) is 19.9 Å². The molecule has 1 saturated carbocycles. The fourth-order valence-electron chi connectivity index (χ4n) is 4.12. The number of hydrogen-bond acceptors (Lipinski definition) is 6.